The summed E-state index contributed by atoms with van der Waals surface area (Å²) in [5, 5.41) is 14.5. The van der Waals surface area contributed by atoms with Gasteiger partial charge in [0, 0.05) is 59.9 Å². The fourth-order valence-electron chi connectivity index (χ4n) is 8.28. The van der Waals surface area contributed by atoms with Crippen LogP contribution in [0.2, 0.25) is 5.02 Å². The van der Waals surface area contributed by atoms with Crippen LogP contribution in [0.3, 0.4) is 0 Å². The van der Waals surface area contributed by atoms with E-state index in [0.717, 1.165) is 11.1 Å². The van der Waals surface area contributed by atoms with E-state index in [1.54, 1.807) is 45.2 Å². The minimum Gasteiger partial charge on any atom is -0.495 e. The van der Waals surface area contributed by atoms with Crippen molar-refractivity contribution < 1.29 is 57.6 Å². The van der Waals surface area contributed by atoms with Crippen LogP contribution in [0.5, 0.6) is 5.75 Å². The molecule has 5 aliphatic rings. The van der Waals surface area contributed by atoms with Crippen molar-refractivity contribution in [2.24, 2.45) is 0 Å². The number of rotatable bonds is 11. The number of likely N-dealkylation sites (tertiary alicyclic amines) is 1. The van der Waals surface area contributed by atoms with Gasteiger partial charge in [0.15, 0.2) is 5.72 Å². The van der Waals surface area contributed by atoms with Crippen molar-refractivity contribution in [2.75, 3.05) is 39.8 Å². The number of carbonyl (C=O) groups is 6. The van der Waals surface area contributed by atoms with Crippen LogP contribution in [0.1, 0.15) is 91.0 Å². The van der Waals surface area contributed by atoms with E-state index in [4.69, 9.17) is 35.3 Å². The highest BCUT2D eigenvalue weighted by Crippen LogP contribution is 2.50. The summed E-state index contributed by atoms with van der Waals surface area (Å²) < 4.78 is 29.5. The molecule has 6 rings (SSSR count). The number of hydrogen-bond donors (Lipinski definition) is 2. The Morgan fingerprint density at radius 2 is 1.75 bits per heavy atom. The van der Waals surface area contributed by atoms with Crippen LogP contribution in [0.15, 0.2) is 35.9 Å². The van der Waals surface area contributed by atoms with Crippen LogP contribution in [0.4, 0.5) is 10.5 Å². The minimum absolute atomic E-state index is 0.119. The molecule has 5 aliphatic heterocycles. The highest BCUT2D eigenvalue weighted by Gasteiger charge is 2.63. The number of carbonyl (C=O) groups excluding carboxylic acids is 6. The molecule has 0 aromatic heterocycles. The van der Waals surface area contributed by atoms with Gasteiger partial charge in [0.2, 0.25) is 23.6 Å². The van der Waals surface area contributed by atoms with Crippen molar-refractivity contribution >= 4 is 53.0 Å². The van der Waals surface area contributed by atoms with Gasteiger partial charge in [-0.05, 0) is 64.7 Å². The molecular weight excluding hydrogens is 788 g/mol. The average Bonchev–Trinajstić information content (AvgIpc) is 3.49. The van der Waals surface area contributed by atoms with E-state index in [0.29, 0.717) is 43.7 Å². The van der Waals surface area contributed by atoms with Gasteiger partial charge in [-0.15, -0.1) is 0 Å². The molecule has 7 atom stereocenters. The van der Waals surface area contributed by atoms with Crippen LogP contribution in [-0.4, -0.2) is 127 Å². The second kappa shape index (κ2) is 18.4. The van der Waals surface area contributed by atoms with E-state index in [9.17, 15) is 33.9 Å². The molecule has 59 heavy (non-hydrogen) atoms. The van der Waals surface area contributed by atoms with Crippen LogP contribution in [-0.2, 0) is 49.3 Å². The zero-order valence-corrected chi connectivity index (χ0v) is 35.9. The van der Waals surface area contributed by atoms with E-state index in [-0.39, 0.29) is 61.3 Å². The first-order valence-electron chi connectivity index (χ1n) is 19.9. The molecule has 1 aromatic carbocycles. The Morgan fingerprint density at radius 1 is 1.07 bits per heavy atom. The van der Waals surface area contributed by atoms with E-state index >= 15 is 0 Å². The topological polar surface area (TPSA) is 191 Å². The van der Waals surface area contributed by atoms with Gasteiger partial charge in [0.25, 0.3) is 0 Å². The molecule has 324 valence electrons. The molecule has 5 amide bonds. The molecule has 0 radical (unpaired) electrons. The number of halogens is 1. The molecule has 2 N–H and O–H groups in total. The molecule has 16 nitrogen and oxygen atoms in total. The predicted molar refractivity (Wildman–Crippen MR) is 215 cm³/mol. The van der Waals surface area contributed by atoms with Gasteiger partial charge in [-0.1, -0.05) is 41.8 Å². The number of aliphatic hydroxyl groups is 1. The number of allylic oxidation sites excluding steroid dienone is 3. The molecule has 5 heterocycles. The molecule has 3 saturated heterocycles. The number of hydrogen-bond acceptors (Lipinski definition) is 12. The number of benzene rings is 1. The van der Waals surface area contributed by atoms with Crippen molar-refractivity contribution in [3.8, 4) is 5.75 Å². The molecule has 0 saturated carbocycles. The highest BCUT2D eigenvalue weighted by molar-refractivity contribution is 6.35. The zero-order valence-electron chi connectivity index (χ0n) is 35.1. The standard InChI is InChI=1S/C42H57ClN4O12/c1-25-13-12-14-30(56-8)42(54)23-32(58-39(53)44-42)41(4)24-40(3,59-41)31(22-36(51)46(6)28-20-27(19-25)21-29(55-7)37(28)43)57-38(52)26(2)45(5)33(48)15-10-9-11-18-47-34(49)16-17-35(47)50/h12-14,20-21,26,30-32,54H,9-11,15-19,22-24H2,1-8H3,(H,44,53)/b14-12+,25-13+/t26-,30?,31?,32?,40?,41?,42?/m0/s1. The number of ether oxygens (including phenoxy) is 5. The lowest BCUT2D eigenvalue weighted by molar-refractivity contribution is -0.328. The Bertz CT molecular complexity index is 1860. The summed E-state index contributed by atoms with van der Waals surface area (Å²) in [5.41, 5.74) is -2.28. The number of imide groups is 1. The summed E-state index contributed by atoms with van der Waals surface area (Å²) in [6.07, 6.45) is 3.52. The first kappa shape index (κ1) is 45.6. The molecule has 1 aromatic rings. The van der Waals surface area contributed by atoms with Crippen LogP contribution in [0, 0.1) is 0 Å². The smallest absolute Gasteiger partial charge is 0.409 e. The number of esters is 1. The molecule has 0 aliphatic carbocycles. The molecule has 6 bridgehead atoms. The lowest BCUT2D eigenvalue weighted by atomic mass is 9.72. The highest BCUT2D eigenvalue weighted by atomic mass is 35.5. The third-order valence-corrected chi connectivity index (χ3v) is 12.2. The second-order valence-electron chi connectivity index (χ2n) is 16.4. The third-order valence-electron chi connectivity index (χ3n) is 11.9. The Kier molecular flexibility index (Phi) is 14.2. The van der Waals surface area contributed by atoms with Crippen LogP contribution < -0.4 is 15.0 Å². The van der Waals surface area contributed by atoms with Crippen molar-refractivity contribution in [2.45, 2.75) is 133 Å². The Hall–Kier alpha value is -4.51. The number of unbranched alkanes of at least 4 members (excludes halogenated alkanes) is 2. The summed E-state index contributed by atoms with van der Waals surface area (Å²) in [6, 6.07) is 2.51. The number of methoxy groups -OCH3 is 2. The fourth-order valence-corrected chi connectivity index (χ4v) is 8.60. The summed E-state index contributed by atoms with van der Waals surface area (Å²) in [4.78, 5) is 81.9. The minimum atomic E-state index is -1.88. The fraction of sp³-hybridized carbons (Fsp3) is 0.619. The average molecular weight is 845 g/mol. The largest absolute Gasteiger partial charge is 0.495 e. The van der Waals surface area contributed by atoms with Crippen LogP contribution in [0.25, 0.3) is 0 Å². The van der Waals surface area contributed by atoms with Crippen molar-refractivity contribution in [3.63, 3.8) is 0 Å². The van der Waals surface area contributed by atoms with Crippen LogP contribution >= 0.6 is 11.6 Å². The molecule has 0 spiro atoms. The molecule has 6 unspecified atom stereocenters. The summed E-state index contributed by atoms with van der Waals surface area (Å²) in [7, 11) is 5.95. The number of likely N-dealkylation sites (N-methyl/N-ethyl adjacent to an activating group) is 1. The number of nitrogens with one attached hydrogen (secondary N) is 1. The number of alkyl carbamates (subject to hydrolysis) is 1. The normalized spacial score (nSPS) is 30.7. The second-order valence-corrected chi connectivity index (χ2v) is 16.8. The summed E-state index contributed by atoms with van der Waals surface area (Å²) in [6.45, 7) is 7.15. The van der Waals surface area contributed by atoms with E-state index in [1.165, 1.54) is 42.9 Å². The van der Waals surface area contributed by atoms with Crippen molar-refractivity contribution in [3.05, 3.63) is 46.5 Å². The maximum Gasteiger partial charge on any atom is 0.409 e. The Balaban J connectivity index is 1.39. The first-order chi connectivity index (χ1) is 27.7. The Labute approximate surface area is 350 Å². The van der Waals surface area contributed by atoms with Gasteiger partial charge in [-0.25, -0.2) is 9.59 Å². The van der Waals surface area contributed by atoms with E-state index in [2.05, 4.69) is 5.32 Å². The zero-order chi connectivity index (χ0) is 43.4. The first-order valence-corrected chi connectivity index (χ1v) is 20.3. The summed E-state index contributed by atoms with van der Waals surface area (Å²) in [5.74, 6) is -1.55. The lowest BCUT2D eigenvalue weighted by Crippen LogP contribution is -2.72. The number of fused-ring (bicyclic) bond motifs is 6. The molecule has 3 fully saturated rings. The Morgan fingerprint density at radius 3 is 2.39 bits per heavy atom. The van der Waals surface area contributed by atoms with Gasteiger partial charge < -0.3 is 38.6 Å². The van der Waals surface area contributed by atoms with Gasteiger partial charge in [0.05, 0.1) is 19.2 Å². The van der Waals surface area contributed by atoms with Gasteiger partial charge in [0.1, 0.15) is 46.3 Å². The maximum atomic E-state index is 14.2. The number of nitrogens with zero attached hydrogens (tertiary/aromatic N) is 3. The van der Waals surface area contributed by atoms with Crippen molar-refractivity contribution in [1.82, 2.24) is 15.1 Å². The monoisotopic (exact) mass is 844 g/mol. The SMILES string of the molecule is COc1cc2cc(c1Cl)N(C)C(=O)CC(OC(=O)[C@H](C)N(C)C(=O)CCCCCN1C(=O)CCC1=O)C1(C)CC(C)(O1)C1CC(O)(NC(=O)O1)C(OC)/C=C/C=C(\C)C2. The number of anilines is 1. The molecular formula is C42H57ClN4O12. The van der Waals surface area contributed by atoms with Crippen molar-refractivity contribution in [1.29, 1.82) is 0 Å². The molecule has 17 heteroatoms. The van der Waals surface area contributed by atoms with Gasteiger partial charge >= 0.3 is 12.1 Å². The van der Waals surface area contributed by atoms with Gasteiger partial charge in [-0.2, -0.15) is 0 Å². The number of amides is 5. The third kappa shape index (κ3) is 10.1. The van der Waals surface area contributed by atoms with E-state index in [1.807, 2.05) is 13.0 Å². The maximum absolute atomic E-state index is 14.2. The quantitative estimate of drug-likeness (QED) is 0.182. The lowest BCUT2D eigenvalue weighted by Gasteiger charge is -2.59. The van der Waals surface area contributed by atoms with E-state index < -0.39 is 59.3 Å². The predicted octanol–water partition coefficient (Wildman–Crippen LogP) is 4.37. The summed E-state index contributed by atoms with van der Waals surface area (Å²) >= 11 is 6.77. The van der Waals surface area contributed by atoms with Gasteiger partial charge in [-0.3, -0.25) is 29.4 Å².